The number of carbonyl (C=O) groups excluding carboxylic acids is 1. The van der Waals surface area contributed by atoms with Gasteiger partial charge in [-0.05, 0) is 31.5 Å². The molecule has 0 saturated carbocycles. The highest BCUT2D eigenvalue weighted by atomic mass is 79.9. The summed E-state index contributed by atoms with van der Waals surface area (Å²) >= 11 is 3.28. The average molecular weight is 323 g/mol. The molecule has 0 aliphatic carbocycles. The maximum absolute atomic E-state index is 12.6. The first-order chi connectivity index (χ1) is 9.15. The van der Waals surface area contributed by atoms with Crippen molar-refractivity contribution in [1.29, 1.82) is 0 Å². The molecule has 1 amide bonds. The Labute approximate surface area is 122 Å². The fourth-order valence-electron chi connectivity index (χ4n) is 2.60. The van der Waals surface area contributed by atoms with Crippen molar-refractivity contribution >= 4 is 21.8 Å². The van der Waals surface area contributed by atoms with Crippen molar-refractivity contribution in [2.24, 2.45) is 0 Å². The molecular weight excluding hydrogens is 304 g/mol. The van der Waals surface area contributed by atoms with Crippen molar-refractivity contribution in [3.05, 3.63) is 47.0 Å². The molecule has 0 bridgehead atoms. The molecule has 1 aliphatic rings. The van der Waals surface area contributed by atoms with Crippen LogP contribution in [-0.4, -0.2) is 25.5 Å². The Hall–Kier alpha value is -1.13. The van der Waals surface area contributed by atoms with Gasteiger partial charge >= 0.3 is 0 Å². The number of hydrogen-bond acceptors (Lipinski definition) is 2. The summed E-state index contributed by atoms with van der Waals surface area (Å²) in [6.07, 6.45) is 1.66. The van der Waals surface area contributed by atoms with Gasteiger partial charge in [0.15, 0.2) is 0 Å². The molecule has 0 atom stereocenters. The summed E-state index contributed by atoms with van der Waals surface area (Å²) in [6.45, 7) is 5.98. The molecule has 3 nitrogen and oxygen atoms in total. The van der Waals surface area contributed by atoms with Crippen LogP contribution in [0.5, 0.6) is 0 Å². The zero-order valence-electron chi connectivity index (χ0n) is 10.9. The summed E-state index contributed by atoms with van der Waals surface area (Å²) in [5.74, 6) is 0.0980. The first kappa shape index (κ1) is 14.3. The predicted octanol–water partition coefficient (Wildman–Crippen LogP) is 2.33. The zero-order chi connectivity index (χ0) is 13.7. The van der Waals surface area contributed by atoms with Crippen molar-refractivity contribution in [3.63, 3.8) is 0 Å². The van der Waals surface area contributed by atoms with Crippen molar-refractivity contribution in [2.75, 3.05) is 19.6 Å². The molecule has 1 aromatic carbocycles. The first-order valence-electron chi connectivity index (χ1n) is 6.53. The highest BCUT2D eigenvalue weighted by Crippen LogP contribution is 2.33. The van der Waals surface area contributed by atoms with Crippen molar-refractivity contribution < 1.29 is 4.79 Å². The van der Waals surface area contributed by atoms with Gasteiger partial charge in [0, 0.05) is 11.0 Å². The maximum Gasteiger partial charge on any atom is 0.231 e. The molecule has 2 N–H and O–H groups in total. The maximum atomic E-state index is 12.6. The predicted molar refractivity (Wildman–Crippen MR) is 81.3 cm³/mol. The van der Waals surface area contributed by atoms with Crippen LogP contribution in [0.3, 0.4) is 0 Å². The van der Waals surface area contributed by atoms with Crippen LogP contribution in [0, 0.1) is 0 Å². The van der Waals surface area contributed by atoms with E-state index < -0.39 is 5.41 Å². The third kappa shape index (κ3) is 3.25. The number of amides is 1. The number of halogens is 1. The van der Waals surface area contributed by atoms with Gasteiger partial charge < -0.3 is 10.6 Å². The zero-order valence-corrected chi connectivity index (χ0v) is 12.5. The van der Waals surface area contributed by atoms with E-state index in [1.165, 1.54) is 0 Å². The molecule has 1 fully saturated rings. The van der Waals surface area contributed by atoms with Crippen LogP contribution in [0.4, 0.5) is 0 Å². The summed E-state index contributed by atoms with van der Waals surface area (Å²) in [6, 6.07) is 10.1. The van der Waals surface area contributed by atoms with Gasteiger partial charge in [0.05, 0.1) is 5.41 Å². The van der Waals surface area contributed by atoms with E-state index in [-0.39, 0.29) is 5.91 Å². The Morgan fingerprint density at radius 2 is 1.95 bits per heavy atom. The number of carbonyl (C=O) groups is 1. The second-order valence-corrected chi connectivity index (χ2v) is 6.02. The van der Waals surface area contributed by atoms with E-state index in [2.05, 4.69) is 33.1 Å². The average Bonchev–Trinajstić information content (AvgIpc) is 2.46. The van der Waals surface area contributed by atoms with Gasteiger partial charge in [-0.15, -0.1) is 0 Å². The summed E-state index contributed by atoms with van der Waals surface area (Å²) in [4.78, 5) is 12.6. The van der Waals surface area contributed by atoms with Gasteiger partial charge in [0.1, 0.15) is 0 Å². The fourth-order valence-corrected chi connectivity index (χ4v) is 2.74. The minimum Gasteiger partial charge on any atom is -0.351 e. The van der Waals surface area contributed by atoms with E-state index in [1.54, 1.807) is 0 Å². The fraction of sp³-hybridized carbons (Fsp3) is 0.400. The van der Waals surface area contributed by atoms with E-state index in [1.807, 2.05) is 30.3 Å². The molecule has 1 aliphatic heterocycles. The lowest BCUT2D eigenvalue weighted by atomic mass is 9.72. The van der Waals surface area contributed by atoms with E-state index in [9.17, 15) is 4.79 Å². The molecule has 0 radical (unpaired) electrons. The number of piperidine rings is 1. The van der Waals surface area contributed by atoms with Crippen LogP contribution in [0.15, 0.2) is 41.4 Å². The molecule has 0 aromatic heterocycles. The quantitative estimate of drug-likeness (QED) is 0.893. The Kier molecular flexibility index (Phi) is 4.77. The third-order valence-corrected chi connectivity index (χ3v) is 3.94. The minimum absolute atomic E-state index is 0.0980. The Balaban J connectivity index is 2.24. The van der Waals surface area contributed by atoms with Gasteiger partial charge in [-0.1, -0.05) is 52.8 Å². The Bertz CT molecular complexity index is 452. The van der Waals surface area contributed by atoms with Gasteiger partial charge in [0.25, 0.3) is 0 Å². The number of hydrogen-bond donors (Lipinski definition) is 2. The number of benzene rings is 1. The number of rotatable bonds is 4. The Morgan fingerprint density at radius 1 is 1.32 bits per heavy atom. The molecule has 19 heavy (non-hydrogen) atoms. The van der Waals surface area contributed by atoms with Crippen LogP contribution in [0.1, 0.15) is 18.4 Å². The van der Waals surface area contributed by atoms with E-state index in [0.29, 0.717) is 6.54 Å². The Morgan fingerprint density at radius 3 is 2.53 bits per heavy atom. The van der Waals surface area contributed by atoms with Gasteiger partial charge in [-0.25, -0.2) is 0 Å². The molecule has 1 aromatic rings. The monoisotopic (exact) mass is 322 g/mol. The molecule has 0 spiro atoms. The van der Waals surface area contributed by atoms with Gasteiger partial charge in [0.2, 0.25) is 5.91 Å². The van der Waals surface area contributed by atoms with Crippen molar-refractivity contribution in [3.8, 4) is 0 Å². The van der Waals surface area contributed by atoms with Crippen LogP contribution in [0.2, 0.25) is 0 Å². The molecule has 1 saturated heterocycles. The standard InChI is InChI=1S/C15H19BrN2O/c1-12(16)11-18-14(19)15(7-9-17-10-8-15)13-5-3-2-4-6-13/h2-6,17H,1,7-11H2,(H,18,19). The highest BCUT2D eigenvalue weighted by Gasteiger charge is 2.40. The largest absolute Gasteiger partial charge is 0.351 e. The molecular formula is C15H19BrN2O. The molecule has 1 heterocycles. The number of nitrogens with one attached hydrogen (secondary N) is 2. The smallest absolute Gasteiger partial charge is 0.231 e. The summed E-state index contributed by atoms with van der Waals surface area (Å²) in [5, 5.41) is 6.30. The molecule has 4 heteroatoms. The first-order valence-corrected chi connectivity index (χ1v) is 7.32. The lowest BCUT2D eigenvalue weighted by molar-refractivity contribution is -0.127. The normalized spacial score (nSPS) is 17.7. The topological polar surface area (TPSA) is 41.1 Å². The van der Waals surface area contributed by atoms with Crippen LogP contribution < -0.4 is 10.6 Å². The van der Waals surface area contributed by atoms with E-state index in [0.717, 1.165) is 36.0 Å². The SMILES string of the molecule is C=C(Br)CNC(=O)C1(c2ccccc2)CCNCC1. The van der Waals surface area contributed by atoms with Crippen molar-refractivity contribution in [2.45, 2.75) is 18.3 Å². The molecule has 0 unspecified atom stereocenters. The van der Waals surface area contributed by atoms with Gasteiger partial charge in [-0.2, -0.15) is 0 Å². The van der Waals surface area contributed by atoms with Crippen molar-refractivity contribution in [1.82, 2.24) is 10.6 Å². The van der Waals surface area contributed by atoms with Gasteiger partial charge in [-0.3, -0.25) is 4.79 Å². The van der Waals surface area contributed by atoms with Crippen LogP contribution in [-0.2, 0) is 10.2 Å². The van der Waals surface area contributed by atoms with Crippen LogP contribution >= 0.6 is 15.9 Å². The highest BCUT2D eigenvalue weighted by molar-refractivity contribution is 9.11. The van der Waals surface area contributed by atoms with E-state index in [4.69, 9.17) is 0 Å². The molecule has 102 valence electrons. The third-order valence-electron chi connectivity index (χ3n) is 3.66. The van der Waals surface area contributed by atoms with E-state index >= 15 is 0 Å². The van der Waals surface area contributed by atoms with Crippen LogP contribution in [0.25, 0.3) is 0 Å². The summed E-state index contributed by atoms with van der Waals surface area (Å²) in [5.41, 5.74) is 0.698. The lowest BCUT2D eigenvalue weighted by Crippen LogP contribution is -2.50. The minimum atomic E-state index is -0.408. The molecule has 2 rings (SSSR count). The summed E-state index contributed by atoms with van der Waals surface area (Å²) < 4.78 is 0.790. The lowest BCUT2D eigenvalue weighted by Gasteiger charge is -2.36. The second-order valence-electron chi connectivity index (χ2n) is 4.90. The second kappa shape index (κ2) is 6.35. The summed E-state index contributed by atoms with van der Waals surface area (Å²) in [7, 11) is 0.